The number of fused-ring (bicyclic) bond motifs is 1. The van der Waals surface area contributed by atoms with Gasteiger partial charge in [0.2, 0.25) is 5.88 Å². The third-order valence-electron chi connectivity index (χ3n) is 5.34. The Bertz CT molecular complexity index is 1180. The van der Waals surface area contributed by atoms with Crippen molar-refractivity contribution < 1.29 is 9.53 Å². The molecule has 0 saturated carbocycles. The van der Waals surface area contributed by atoms with Crippen molar-refractivity contribution in [1.29, 1.82) is 0 Å². The number of amides is 1. The lowest BCUT2D eigenvalue weighted by Crippen LogP contribution is -2.27. The van der Waals surface area contributed by atoms with E-state index < -0.39 is 0 Å². The predicted octanol–water partition coefficient (Wildman–Crippen LogP) is 6.47. The Morgan fingerprint density at radius 2 is 1.81 bits per heavy atom. The molecule has 1 heterocycles. The van der Waals surface area contributed by atoms with Crippen LogP contribution in [0.4, 0.5) is 0 Å². The molecule has 0 aliphatic carbocycles. The van der Waals surface area contributed by atoms with E-state index in [0.717, 1.165) is 29.4 Å². The normalized spacial score (nSPS) is 11.8. The molecule has 0 saturated heterocycles. The molecule has 3 aromatic carbocycles. The van der Waals surface area contributed by atoms with Crippen LogP contribution in [0.5, 0.6) is 11.6 Å². The molecular formula is C27H26N2O2. The van der Waals surface area contributed by atoms with Gasteiger partial charge in [-0.1, -0.05) is 67.9 Å². The summed E-state index contributed by atoms with van der Waals surface area (Å²) in [6, 6.07) is 25.5. The fourth-order valence-corrected chi connectivity index (χ4v) is 3.83. The quantitative estimate of drug-likeness (QED) is 0.380. The first-order valence-corrected chi connectivity index (χ1v) is 10.7. The van der Waals surface area contributed by atoms with Gasteiger partial charge in [-0.15, -0.1) is 0 Å². The highest BCUT2D eigenvalue weighted by atomic mass is 16.5. The van der Waals surface area contributed by atoms with Crippen LogP contribution < -0.4 is 10.1 Å². The first kappa shape index (κ1) is 20.6. The highest BCUT2D eigenvalue weighted by Crippen LogP contribution is 2.27. The van der Waals surface area contributed by atoms with Crippen LogP contribution in [0.1, 0.15) is 47.8 Å². The second-order valence-electron chi connectivity index (χ2n) is 7.60. The molecule has 4 nitrogen and oxygen atoms in total. The van der Waals surface area contributed by atoms with Gasteiger partial charge in [0.15, 0.2) is 0 Å². The third kappa shape index (κ3) is 4.75. The summed E-state index contributed by atoms with van der Waals surface area (Å²) in [5, 5.41) is 5.50. The van der Waals surface area contributed by atoms with Gasteiger partial charge >= 0.3 is 0 Å². The fraction of sp³-hybridized carbons (Fsp3) is 0.185. The Balaban J connectivity index is 1.60. The van der Waals surface area contributed by atoms with Crippen LogP contribution in [-0.2, 0) is 6.42 Å². The molecule has 0 fully saturated rings. The van der Waals surface area contributed by atoms with E-state index in [9.17, 15) is 4.79 Å². The van der Waals surface area contributed by atoms with Gasteiger partial charge in [-0.3, -0.25) is 4.79 Å². The van der Waals surface area contributed by atoms with E-state index in [4.69, 9.17) is 4.74 Å². The van der Waals surface area contributed by atoms with Gasteiger partial charge in [0.25, 0.3) is 5.91 Å². The van der Waals surface area contributed by atoms with Crippen molar-refractivity contribution in [3.05, 3.63) is 102 Å². The standard InChI is InChI=1S/C27H26N2O2/c1-3-9-20-15-16-22(31-26-14-6-7-17-28-26)18-25(20)27(30)29-19(2)23-13-8-11-21-10-4-5-12-24(21)23/h4-8,10-19H,3,9H2,1-2H3,(H,29,30). The summed E-state index contributed by atoms with van der Waals surface area (Å²) in [7, 11) is 0. The molecule has 0 aliphatic rings. The van der Waals surface area contributed by atoms with Crippen molar-refractivity contribution in [3.8, 4) is 11.6 Å². The molecule has 0 radical (unpaired) electrons. The van der Waals surface area contributed by atoms with Crippen molar-refractivity contribution >= 4 is 16.7 Å². The van der Waals surface area contributed by atoms with E-state index in [0.29, 0.717) is 17.2 Å². The van der Waals surface area contributed by atoms with Crippen LogP contribution in [0.15, 0.2) is 85.1 Å². The van der Waals surface area contributed by atoms with E-state index in [1.54, 1.807) is 12.3 Å². The molecule has 1 atom stereocenters. The molecule has 156 valence electrons. The van der Waals surface area contributed by atoms with Crippen LogP contribution >= 0.6 is 0 Å². The molecule has 4 heteroatoms. The van der Waals surface area contributed by atoms with Gasteiger partial charge in [-0.05, 0) is 53.4 Å². The molecule has 31 heavy (non-hydrogen) atoms. The maximum Gasteiger partial charge on any atom is 0.252 e. The molecule has 0 aliphatic heterocycles. The number of benzene rings is 3. The van der Waals surface area contributed by atoms with Crippen LogP contribution in [-0.4, -0.2) is 10.9 Å². The molecule has 4 rings (SSSR count). The summed E-state index contributed by atoms with van der Waals surface area (Å²) >= 11 is 0. The molecule has 1 unspecified atom stereocenters. The lowest BCUT2D eigenvalue weighted by molar-refractivity contribution is 0.0939. The molecule has 1 amide bonds. The predicted molar refractivity (Wildman–Crippen MR) is 125 cm³/mol. The second kappa shape index (κ2) is 9.43. The maximum atomic E-state index is 13.3. The highest BCUT2D eigenvalue weighted by molar-refractivity contribution is 5.97. The molecule has 0 spiro atoms. The number of carbonyl (C=O) groups excluding carboxylic acids is 1. The number of ether oxygens (including phenoxy) is 1. The van der Waals surface area contributed by atoms with E-state index in [2.05, 4.69) is 41.5 Å². The Morgan fingerprint density at radius 3 is 2.61 bits per heavy atom. The van der Waals surface area contributed by atoms with Crippen LogP contribution in [0.3, 0.4) is 0 Å². The average Bonchev–Trinajstić information content (AvgIpc) is 2.80. The highest BCUT2D eigenvalue weighted by Gasteiger charge is 2.17. The van der Waals surface area contributed by atoms with E-state index in [1.165, 1.54) is 5.39 Å². The lowest BCUT2D eigenvalue weighted by atomic mass is 9.98. The molecular weight excluding hydrogens is 384 g/mol. The average molecular weight is 411 g/mol. The smallest absolute Gasteiger partial charge is 0.252 e. The minimum Gasteiger partial charge on any atom is -0.439 e. The van der Waals surface area contributed by atoms with Gasteiger partial charge in [0.05, 0.1) is 6.04 Å². The lowest BCUT2D eigenvalue weighted by Gasteiger charge is -2.18. The molecule has 1 N–H and O–H groups in total. The number of pyridine rings is 1. The Morgan fingerprint density at radius 1 is 1.00 bits per heavy atom. The number of nitrogens with one attached hydrogen (secondary N) is 1. The Kier molecular flexibility index (Phi) is 6.27. The SMILES string of the molecule is CCCc1ccc(Oc2ccccn2)cc1C(=O)NC(C)c1cccc2ccccc12. The van der Waals surface area contributed by atoms with Crippen LogP contribution in [0.2, 0.25) is 0 Å². The maximum absolute atomic E-state index is 13.3. The minimum atomic E-state index is -0.131. The van der Waals surface area contributed by atoms with Crippen molar-refractivity contribution in [1.82, 2.24) is 10.3 Å². The summed E-state index contributed by atoms with van der Waals surface area (Å²) in [6.07, 6.45) is 3.47. The van der Waals surface area contributed by atoms with Gasteiger partial charge in [0.1, 0.15) is 5.75 Å². The molecule has 0 bridgehead atoms. The number of hydrogen-bond donors (Lipinski definition) is 1. The third-order valence-corrected chi connectivity index (χ3v) is 5.34. The summed E-state index contributed by atoms with van der Waals surface area (Å²) in [5.41, 5.74) is 2.75. The summed E-state index contributed by atoms with van der Waals surface area (Å²) in [4.78, 5) is 17.5. The van der Waals surface area contributed by atoms with Crippen molar-refractivity contribution in [2.24, 2.45) is 0 Å². The van der Waals surface area contributed by atoms with E-state index in [1.807, 2.05) is 55.5 Å². The van der Waals surface area contributed by atoms with E-state index in [-0.39, 0.29) is 11.9 Å². The number of carbonyl (C=O) groups is 1. The second-order valence-corrected chi connectivity index (χ2v) is 7.60. The Labute approximate surface area is 182 Å². The zero-order chi connectivity index (χ0) is 21.6. The van der Waals surface area contributed by atoms with Crippen LogP contribution in [0.25, 0.3) is 10.8 Å². The molecule has 1 aromatic heterocycles. The van der Waals surface area contributed by atoms with Crippen molar-refractivity contribution in [3.63, 3.8) is 0 Å². The van der Waals surface area contributed by atoms with Crippen molar-refractivity contribution in [2.75, 3.05) is 0 Å². The fourth-order valence-electron chi connectivity index (χ4n) is 3.83. The first-order valence-electron chi connectivity index (χ1n) is 10.7. The van der Waals surface area contributed by atoms with E-state index >= 15 is 0 Å². The van der Waals surface area contributed by atoms with Gasteiger partial charge in [-0.2, -0.15) is 0 Å². The first-order chi connectivity index (χ1) is 15.2. The zero-order valence-electron chi connectivity index (χ0n) is 17.8. The van der Waals surface area contributed by atoms with Crippen molar-refractivity contribution in [2.45, 2.75) is 32.7 Å². The Hall–Kier alpha value is -3.66. The van der Waals surface area contributed by atoms with Crippen LogP contribution in [0, 0.1) is 0 Å². The number of nitrogens with zero attached hydrogens (tertiary/aromatic N) is 1. The zero-order valence-corrected chi connectivity index (χ0v) is 17.8. The number of rotatable bonds is 7. The number of hydrogen-bond acceptors (Lipinski definition) is 3. The minimum absolute atomic E-state index is 0.102. The number of aryl methyl sites for hydroxylation is 1. The molecule has 4 aromatic rings. The van der Waals surface area contributed by atoms with Gasteiger partial charge in [0, 0.05) is 17.8 Å². The largest absolute Gasteiger partial charge is 0.439 e. The summed E-state index contributed by atoms with van der Waals surface area (Å²) < 4.78 is 5.86. The topological polar surface area (TPSA) is 51.2 Å². The number of aromatic nitrogens is 1. The summed E-state index contributed by atoms with van der Waals surface area (Å²) in [5.74, 6) is 0.998. The monoisotopic (exact) mass is 410 g/mol. The van der Waals surface area contributed by atoms with Gasteiger partial charge < -0.3 is 10.1 Å². The van der Waals surface area contributed by atoms with Gasteiger partial charge in [-0.25, -0.2) is 4.98 Å². The summed E-state index contributed by atoms with van der Waals surface area (Å²) in [6.45, 7) is 4.13.